The monoisotopic (exact) mass is 498 g/mol. The highest BCUT2D eigenvalue weighted by molar-refractivity contribution is 7.12. The Bertz CT molecular complexity index is 1390. The molecule has 36 heavy (non-hydrogen) atoms. The molecule has 0 radical (unpaired) electrons. The van der Waals surface area contributed by atoms with Crippen molar-refractivity contribution >= 4 is 28.9 Å². The first-order valence-electron chi connectivity index (χ1n) is 11.9. The summed E-state index contributed by atoms with van der Waals surface area (Å²) in [5, 5.41) is 22.2. The van der Waals surface area contributed by atoms with Crippen LogP contribution >= 0.6 is 11.3 Å². The fourth-order valence-electron chi connectivity index (χ4n) is 4.36. The largest absolute Gasteiger partial charge is 0.481 e. The van der Waals surface area contributed by atoms with Crippen molar-refractivity contribution in [3.8, 4) is 16.9 Å². The lowest BCUT2D eigenvalue weighted by Crippen LogP contribution is -2.27. The van der Waals surface area contributed by atoms with Gasteiger partial charge in [0, 0.05) is 36.6 Å². The van der Waals surface area contributed by atoms with Crippen LogP contribution in [-0.2, 0) is 9.59 Å². The number of aromatic nitrogens is 2. The molecule has 1 atom stereocenters. The van der Waals surface area contributed by atoms with Crippen LogP contribution in [0.5, 0.6) is 0 Å². The number of carbonyl (C=O) groups is 2. The van der Waals surface area contributed by atoms with E-state index in [1.54, 1.807) is 16.3 Å². The van der Waals surface area contributed by atoms with Gasteiger partial charge in [-0.15, -0.1) is 11.3 Å². The minimum absolute atomic E-state index is 0.0493. The van der Waals surface area contributed by atoms with Gasteiger partial charge in [0.25, 0.3) is 0 Å². The van der Waals surface area contributed by atoms with Crippen molar-refractivity contribution in [1.82, 2.24) is 14.8 Å². The topological polar surface area (TPSA) is 87.8 Å². The van der Waals surface area contributed by atoms with Gasteiger partial charge in [-0.2, -0.15) is 10.2 Å². The van der Waals surface area contributed by atoms with E-state index in [4.69, 9.17) is 15.3 Å². The Labute approximate surface area is 213 Å². The molecule has 0 bridgehead atoms. The van der Waals surface area contributed by atoms with Crippen molar-refractivity contribution < 1.29 is 14.7 Å². The zero-order valence-electron chi connectivity index (χ0n) is 19.9. The average molecular weight is 499 g/mol. The lowest BCUT2D eigenvalue weighted by Gasteiger charge is -2.22. The Balaban J connectivity index is 1.56. The van der Waals surface area contributed by atoms with Gasteiger partial charge in [0.1, 0.15) is 0 Å². The van der Waals surface area contributed by atoms with Gasteiger partial charge >= 0.3 is 5.97 Å². The lowest BCUT2D eigenvalue weighted by atomic mass is 9.97. The van der Waals surface area contributed by atoms with E-state index in [9.17, 15) is 9.59 Å². The van der Waals surface area contributed by atoms with Crippen molar-refractivity contribution in [3.63, 3.8) is 0 Å². The van der Waals surface area contributed by atoms with E-state index in [0.29, 0.717) is 6.42 Å². The van der Waals surface area contributed by atoms with Gasteiger partial charge in [-0.05, 0) is 36.9 Å². The number of amides is 1. The third kappa shape index (κ3) is 4.99. The summed E-state index contributed by atoms with van der Waals surface area (Å²) in [7, 11) is 0. The van der Waals surface area contributed by atoms with Crippen molar-refractivity contribution in [3.05, 3.63) is 94.3 Å². The standard InChI is InChI=1S/C28H26N4O3S/c1-19-12-14-20(15-13-19)28-22(18-31(30-28)21-7-3-2-4-8-21)24-17-23(25-9-6-16-36-25)29-32(24)26(33)10-5-11-27(34)35/h2-4,6-9,12-16,18,24H,5,10-11,17H2,1H3,(H,34,35)/t24-/m0/s1. The molecule has 2 aromatic heterocycles. The van der Waals surface area contributed by atoms with E-state index in [1.165, 1.54) is 0 Å². The van der Waals surface area contributed by atoms with Crippen LogP contribution in [-0.4, -0.2) is 37.5 Å². The summed E-state index contributed by atoms with van der Waals surface area (Å²) in [4.78, 5) is 25.3. The van der Waals surface area contributed by atoms with Crippen LogP contribution < -0.4 is 0 Å². The van der Waals surface area contributed by atoms with Gasteiger partial charge < -0.3 is 5.11 Å². The maximum absolute atomic E-state index is 13.3. The number of rotatable bonds is 8. The van der Waals surface area contributed by atoms with Crippen LogP contribution in [0.3, 0.4) is 0 Å². The molecule has 0 spiro atoms. The van der Waals surface area contributed by atoms with Crippen molar-refractivity contribution in [2.75, 3.05) is 0 Å². The predicted octanol–water partition coefficient (Wildman–Crippen LogP) is 5.84. The summed E-state index contributed by atoms with van der Waals surface area (Å²) in [5.41, 5.74) is 5.60. The summed E-state index contributed by atoms with van der Waals surface area (Å²) >= 11 is 1.59. The second kappa shape index (κ2) is 10.3. The normalized spacial score (nSPS) is 15.2. The Morgan fingerprint density at radius 2 is 1.81 bits per heavy atom. The number of carboxylic acids is 1. The number of para-hydroxylation sites is 1. The summed E-state index contributed by atoms with van der Waals surface area (Å²) in [6.45, 7) is 2.04. The molecule has 182 valence electrons. The first kappa shape index (κ1) is 23.7. The molecule has 8 heteroatoms. The molecule has 5 rings (SSSR count). The Hall–Kier alpha value is -4.04. The van der Waals surface area contributed by atoms with E-state index >= 15 is 0 Å². The summed E-state index contributed by atoms with van der Waals surface area (Å²) in [6, 6.07) is 21.7. The molecule has 1 aliphatic rings. The number of hydrazone groups is 1. The number of nitrogens with zero attached hydrogens (tertiary/aromatic N) is 4. The van der Waals surface area contributed by atoms with E-state index in [2.05, 4.69) is 12.1 Å². The number of carbonyl (C=O) groups excluding carboxylic acids is 1. The smallest absolute Gasteiger partial charge is 0.303 e. The first-order valence-corrected chi connectivity index (χ1v) is 12.7. The van der Waals surface area contributed by atoms with E-state index in [1.807, 2.05) is 77.8 Å². The van der Waals surface area contributed by atoms with Crippen LogP contribution in [0.1, 0.15) is 47.7 Å². The fourth-order valence-corrected chi connectivity index (χ4v) is 5.08. The molecular weight excluding hydrogens is 472 g/mol. The highest BCUT2D eigenvalue weighted by atomic mass is 32.1. The molecule has 1 N–H and O–H groups in total. The first-order chi connectivity index (χ1) is 17.5. The summed E-state index contributed by atoms with van der Waals surface area (Å²) < 4.78 is 1.85. The van der Waals surface area contributed by atoms with Gasteiger partial charge in [0.05, 0.1) is 28.0 Å². The zero-order chi connectivity index (χ0) is 25.1. The molecule has 4 aromatic rings. The second-order valence-corrected chi connectivity index (χ2v) is 9.76. The maximum Gasteiger partial charge on any atom is 0.303 e. The van der Waals surface area contributed by atoms with Crippen molar-refractivity contribution in [2.45, 2.75) is 38.6 Å². The molecule has 0 saturated heterocycles. The SMILES string of the molecule is Cc1ccc(-c2nn(-c3ccccc3)cc2[C@@H]2CC(c3cccs3)=NN2C(=O)CCCC(=O)O)cc1. The average Bonchev–Trinajstić information content (AvgIpc) is 3.64. The molecule has 3 heterocycles. The molecule has 1 aliphatic heterocycles. The van der Waals surface area contributed by atoms with Crippen LogP contribution in [0.25, 0.3) is 16.9 Å². The molecule has 0 unspecified atom stereocenters. The van der Waals surface area contributed by atoms with Crippen molar-refractivity contribution in [2.24, 2.45) is 5.10 Å². The third-order valence-electron chi connectivity index (χ3n) is 6.20. The minimum Gasteiger partial charge on any atom is -0.481 e. The van der Waals surface area contributed by atoms with E-state index in [-0.39, 0.29) is 31.2 Å². The molecule has 7 nitrogen and oxygen atoms in total. The quantitative estimate of drug-likeness (QED) is 0.330. The molecule has 0 fully saturated rings. The van der Waals surface area contributed by atoms with Gasteiger partial charge in [-0.1, -0.05) is 54.1 Å². The highest BCUT2D eigenvalue weighted by Crippen LogP contribution is 2.39. The number of benzene rings is 2. The van der Waals surface area contributed by atoms with Gasteiger partial charge in [0.2, 0.25) is 5.91 Å². The van der Waals surface area contributed by atoms with Gasteiger partial charge in [0.15, 0.2) is 0 Å². The number of hydrogen-bond acceptors (Lipinski definition) is 5. The Morgan fingerprint density at radius 1 is 1.03 bits per heavy atom. The summed E-state index contributed by atoms with van der Waals surface area (Å²) in [5.74, 6) is -1.09. The third-order valence-corrected chi connectivity index (χ3v) is 7.12. The molecule has 2 aromatic carbocycles. The highest BCUT2D eigenvalue weighted by Gasteiger charge is 2.36. The van der Waals surface area contributed by atoms with Crippen molar-refractivity contribution in [1.29, 1.82) is 0 Å². The van der Waals surface area contributed by atoms with E-state index in [0.717, 1.165) is 38.7 Å². The molecular formula is C28H26N4O3S. The van der Waals surface area contributed by atoms with Gasteiger partial charge in [-0.3, -0.25) is 9.59 Å². The number of thiophene rings is 1. The van der Waals surface area contributed by atoms with Crippen LogP contribution in [0, 0.1) is 6.92 Å². The zero-order valence-corrected chi connectivity index (χ0v) is 20.7. The second-order valence-electron chi connectivity index (χ2n) is 8.81. The summed E-state index contributed by atoms with van der Waals surface area (Å²) in [6.07, 6.45) is 2.89. The predicted molar refractivity (Wildman–Crippen MR) is 140 cm³/mol. The fraction of sp³-hybridized carbons (Fsp3) is 0.214. The molecule has 1 amide bonds. The maximum atomic E-state index is 13.3. The molecule has 0 saturated carbocycles. The van der Waals surface area contributed by atoms with Gasteiger partial charge in [-0.25, -0.2) is 9.69 Å². The lowest BCUT2D eigenvalue weighted by molar-refractivity contribution is -0.137. The Kier molecular flexibility index (Phi) is 6.77. The van der Waals surface area contributed by atoms with Crippen LogP contribution in [0.4, 0.5) is 0 Å². The van der Waals surface area contributed by atoms with E-state index < -0.39 is 5.97 Å². The minimum atomic E-state index is -0.908. The van der Waals surface area contributed by atoms with Crippen LogP contribution in [0.15, 0.2) is 83.4 Å². The van der Waals surface area contributed by atoms with Crippen LogP contribution in [0.2, 0.25) is 0 Å². The number of aliphatic carboxylic acids is 1. The Morgan fingerprint density at radius 3 is 2.50 bits per heavy atom. The number of carboxylic acid groups (broad SMARTS) is 1. The number of hydrogen-bond donors (Lipinski definition) is 1. The molecule has 0 aliphatic carbocycles. The number of aryl methyl sites for hydroxylation is 1.